The van der Waals surface area contributed by atoms with E-state index in [2.05, 4.69) is 11.9 Å². The summed E-state index contributed by atoms with van der Waals surface area (Å²) >= 11 is 0. The molecule has 2 aromatic carbocycles. The maximum Gasteiger partial charge on any atom is 0.377 e. The lowest BCUT2D eigenvalue weighted by Gasteiger charge is -2.10. The summed E-state index contributed by atoms with van der Waals surface area (Å²) in [6.07, 6.45) is 2.99. The molecule has 0 fully saturated rings. The molecule has 4 heteroatoms. The maximum atomic E-state index is 9.53. The third-order valence-corrected chi connectivity index (χ3v) is 4.73. The molecule has 1 aliphatic carbocycles. The van der Waals surface area contributed by atoms with Crippen LogP contribution in [0.3, 0.4) is 0 Å². The molecule has 1 aliphatic rings. The topological polar surface area (TPSA) is 64.4 Å². The van der Waals surface area contributed by atoms with Crippen LogP contribution >= 0.6 is 0 Å². The number of nitrogens with one attached hydrogen (secondary N) is 1. The van der Waals surface area contributed by atoms with Crippen molar-refractivity contribution < 1.29 is 4.68 Å². The fraction of sp³-hybridized carbons (Fsp3) is 0.136. The van der Waals surface area contributed by atoms with Crippen LogP contribution in [-0.4, -0.2) is 11.0 Å². The summed E-state index contributed by atoms with van der Waals surface area (Å²) in [5, 5.41) is 21.9. The van der Waals surface area contributed by atoms with Gasteiger partial charge in [0.15, 0.2) is 6.07 Å². The van der Waals surface area contributed by atoms with Crippen molar-refractivity contribution in [3.05, 3.63) is 71.8 Å². The van der Waals surface area contributed by atoms with Crippen LogP contribution in [-0.2, 0) is 12.8 Å². The Kier molecular flexibility index (Phi) is 4.15. The maximum absolute atomic E-state index is 9.53. The standard InChI is InChI=1S/C22H17N4/c23-14-18(15-24)26-22(17-10-5-2-6-11-17)20-13-7-12-19(20)21(25-26)16-8-3-1-4-9-16/h1-6,8-11,23H,7,12-13H2/q+1. The average molecular weight is 337 g/mol. The molecule has 0 bridgehead atoms. The summed E-state index contributed by atoms with van der Waals surface area (Å²) in [7, 11) is 0. The number of hydrogen-bond acceptors (Lipinski definition) is 3. The highest BCUT2D eigenvalue weighted by Crippen LogP contribution is 2.35. The van der Waals surface area contributed by atoms with Crippen molar-refractivity contribution in [3.8, 4) is 28.6 Å². The van der Waals surface area contributed by atoms with E-state index in [1.54, 1.807) is 4.68 Å². The van der Waals surface area contributed by atoms with Gasteiger partial charge in [0.05, 0.1) is 5.87 Å². The number of aromatic nitrogens is 2. The number of rotatable bonds is 3. The lowest BCUT2D eigenvalue weighted by Crippen LogP contribution is -2.41. The highest BCUT2D eigenvalue weighted by molar-refractivity contribution is 5.82. The van der Waals surface area contributed by atoms with Crippen molar-refractivity contribution in [1.82, 2.24) is 5.10 Å². The van der Waals surface area contributed by atoms with Crippen LogP contribution in [0.4, 0.5) is 0 Å². The Morgan fingerprint density at radius 2 is 1.54 bits per heavy atom. The highest BCUT2D eigenvalue weighted by atomic mass is 15.3. The van der Waals surface area contributed by atoms with E-state index in [1.165, 1.54) is 11.1 Å². The smallest absolute Gasteiger partial charge is 0.252 e. The largest absolute Gasteiger partial charge is 0.377 e. The lowest BCUT2D eigenvalue weighted by molar-refractivity contribution is -0.629. The molecule has 0 amide bonds. The van der Waals surface area contributed by atoms with Crippen LogP contribution in [0.1, 0.15) is 17.5 Å². The summed E-state index contributed by atoms with van der Waals surface area (Å²) in [6.45, 7) is 0. The second-order valence-electron chi connectivity index (χ2n) is 6.24. The van der Waals surface area contributed by atoms with Crippen molar-refractivity contribution in [2.45, 2.75) is 19.3 Å². The summed E-state index contributed by atoms with van der Waals surface area (Å²) in [5.74, 6) is 2.25. The minimum absolute atomic E-state index is 0.0933. The van der Waals surface area contributed by atoms with Gasteiger partial charge in [0.1, 0.15) is 5.69 Å². The predicted octanol–water partition coefficient (Wildman–Crippen LogP) is 3.80. The van der Waals surface area contributed by atoms with Crippen LogP contribution in [0.5, 0.6) is 0 Å². The lowest BCUT2D eigenvalue weighted by atomic mass is 9.98. The Hall–Kier alpha value is -3.54. The van der Waals surface area contributed by atoms with Gasteiger partial charge in [0, 0.05) is 21.8 Å². The molecule has 0 saturated heterocycles. The molecule has 26 heavy (non-hydrogen) atoms. The third kappa shape index (κ3) is 2.61. The number of benzene rings is 2. The normalized spacial score (nSPS) is 12.1. The second-order valence-corrected chi connectivity index (χ2v) is 6.24. The van der Waals surface area contributed by atoms with Gasteiger partial charge in [0.25, 0.3) is 5.69 Å². The zero-order valence-corrected chi connectivity index (χ0v) is 14.2. The molecule has 3 aromatic rings. The minimum Gasteiger partial charge on any atom is -0.252 e. The fourth-order valence-corrected chi connectivity index (χ4v) is 3.62. The van der Waals surface area contributed by atoms with E-state index >= 15 is 0 Å². The molecule has 1 N–H and O–H groups in total. The van der Waals surface area contributed by atoms with E-state index < -0.39 is 0 Å². The fourth-order valence-electron chi connectivity index (χ4n) is 3.62. The van der Waals surface area contributed by atoms with E-state index in [0.717, 1.165) is 41.8 Å². The molecule has 124 valence electrons. The Morgan fingerprint density at radius 1 is 0.923 bits per heavy atom. The van der Waals surface area contributed by atoms with Gasteiger partial charge in [-0.1, -0.05) is 48.5 Å². The van der Waals surface area contributed by atoms with E-state index in [4.69, 9.17) is 10.5 Å². The van der Waals surface area contributed by atoms with Crippen LogP contribution in [0, 0.1) is 16.7 Å². The Bertz CT molecular complexity index is 1060. The van der Waals surface area contributed by atoms with Gasteiger partial charge in [-0.05, 0) is 41.6 Å². The molecular weight excluding hydrogens is 320 g/mol. The summed E-state index contributed by atoms with van der Waals surface area (Å²) in [4.78, 5) is 0. The highest BCUT2D eigenvalue weighted by Gasteiger charge is 2.33. The Labute approximate surface area is 152 Å². The molecule has 0 atom stereocenters. The summed E-state index contributed by atoms with van der Waals surface area (Å²) in [5.41, 5.74) is 6.37. The summed E-state index contributed by atoms with van der Waals surface area (Å²) < 4.78 is 1.59. The van der Waals surface area contributed by atoms with Crippen LogP contribution in [0.2, 0.25) is 0 Å². The SMILES string of the molecule is N#CC(=C=N)[n+]1nc(-c2ccccc2)c2c(c1-c1ccccc1)CCC2. The predicted molar refractivity (Wildman–Crippen MR) is 100 cm³/mol. The zero-order chi connectivity index (χ0) is 17.9. The summed E-state index contributed by atoms with van der Waals surface area (Å²) in [6, 6.07) is 22.1. The minimum atomic E-state index is 0.0933. The molecule has 4 rings (SSSR count). The van der Waals surface area contributed by atoms with Crippen LogP contribution in [0.25, 0.3) is 28.2 Å². The molecule has 0 radical (unpaired) electrons. The second kappa shape index (κ2) is 6.76. The molecule has 0 spiro atoms. The molecule has 0 saturated carbocycles. The number of nitrogens with zero attached hydrogens (tertiary/aromatic N) is 3. The first kappa shape index (κ1) is 16.0. The average Bonchev–Trinajstić information content (AvgIpc) is 3.19. The van der Waals surface area contributed by atoms with Crippen molar-refractivity contribution in [2.75, 3.05) is 0 Å². The molecule has 0 unspecified atom stereocenters. The Balaban J connectivity index is 2.09. The molecule has 4 nitrogen and oxygen atoms in total. The van der Waals surface area contributed by atoms with Gasteiger partial charge >= 0.3 is 5.70 Å². The van der Waals surface area contributed by atoms with Gasteiger partial charge in [-0.3, -0.25) is 5.41 Å². The Morgan fingerprint density at radius 3 is 2.15 bits per heavy atom. The number of fused-ring (bicyclic) bond motifs is 1. The van der Waals surface area contributed by atoms with Gasteiger partial charge < -0.3 is 0 Å². The van der Waals surface area contributed by atoms with E-state index in [1.807, 2.05) is 60.7 Å². The van der Waals surface area contributed by atoms with E-state index in [-0.39, 0.29) is 5.70 Å². The number of nitriles is 1. The first-order chi connectivity index (χ1) is 12.8. The van der Waals surface area contributed by atoms with E-state index in [0.29, 0.717) is 0 Å². The van der Waals surface area contributed by atoms with Crippen molar-refractivity contribution in [1.29, 1.82) is 10.7 Å². The van der Waals surface area contributed by atoms with Crippen LogP contribution in [0.15, 0.2) is 60.7 Å². The molecule has 1 heterocycles. The third-order valence-electron chi connectivity index (χ3n) is 4.73. The van der Waals surface area contributed by atoms with E-state index in [9.17, 15) is 5.26 Å². The molecule has 1 aromatic heterocycles. The first-order valence-corrected chi connectivity index (χ1v) is 8.62. The monoisotopic (exact) mass is 337 g/mol. The first-order valence-electron chi connectivity index (χ1n) is 8.62. The number of allylic oxidation sites excluding steroid dienone is 1. The van der Waals surface area contributed by atoms with Crippen molar-refractivity contribution in [2.24, 2.45) is 0 Å². The number of hydrogen-bond donors (Lipinski definition) is 1. The van der Waals surface area contributed by atoms with Gasteiger partial charge in [0.2, 0.25) is 0 Å². The zero-order valence-electron chi connectivity index (χ0n) is 14.2. The van der Waals surface area contributed by atoms with Crippen molar-refractivity contribution in [3.63, 3.8) is 0 Å². The quantitative estimate of drug-likeness (QED) is 0.449. The van der Waals surface area contributed by atoms with Crippen molar-refractivity contribution >= 4 is 11.6 Å². The van der Waals surface area contributed by atoms with Gasteiger partial charge in [-0.15, -0.1) is 0 Å². The van der Waals surface area contributed by atoms with Gasteiger partial charge in [-0.2, -0.15) is 5.26 Å². The van der Waals surface area contributed by atoms with Gasteiger partial charge in [-0.25, -0.2) is 0 Å². The molecular formula is C22H17N4+. The molecule has 0 aliphatic heterocycles. The van der Waals surface area contributed by atoms with Crippen LogP contribution < -0.4 is 4.68 Å².